The molecule has 2 aromatic rings. The highest BCUT2D eigenvalue weighted by Gasteiger charge is 2.29. The van der Waals surface area contributed by atoms with E-state index in [4.69, 9.17) is 11.6 Å². The first kappa shape index (κ1) is 17.1. The van der Waals surface area contributed by atoms with Gasteiger partial charge in [0.2, 0.25) is 0 Å². The molecule has 1 atom stereocenters. The third kappa shape index (κ3) is 3.78. The van der Waals surface area contributed by atoms with Crippen LogP contribution in [0.3, 0.4) is 0 Å². The SMILES string of the molecule is Cc1cc(-c2ccc(Cl)cc2)ccc1C1CCCN(C2CCCC2)C1. The van der Waals surface area contributed by atoms with Crippen LogP contribution in [0.1, 0.15) is 55.6 Å². The van der Waals surface area contributed by atoms with E-state index in [1.165, 1.54) is 68.3 Å². The van der Waals surface area contributed by atoms with Crippen molar-refractivity contribution in [2.75, 3.05) is 13.1 Å². The molecule has 0 N–H and O–H groups in total. The van der Waals surface area contributed by atoms with Gasteiger partial charge in [-0.15, -0.1) is 0 Å². The van der Waals surface area contributed by atoms with E-state index in [0.717, 1.165) is 11.1 Å². The lowest BCUT2D eigenvalue weighted by Crippen LogP contribution is -2.40. The molecule has 0 aromatic heterocycles. The van der Waals surface area contributed by atoms with Gasteiger partial charge in [-0.2, -0.15) is 0 Å². The van der Waals surface area contributed by atoms with E-state index in [0.29, 0.717) is 5.92 Å². The fourth-order valence-corrected chi connectivity index (χ4v) is 4.94. The highest BCUT2D eigenvalue weighted by atomic mass is 35.5. The van der Waals surface area contributed by atoms with Gasteiger partial charge in [0, 0.05) is 17.6 Å². The summed E-state index contributed by atoms with van der Waals surface area (Å²) in [6.45, 7) is 4.85. The number of rotatable bonds is 3. The number of piperidine rings is 1. The molecule has 2 aliphatic rings. The van der Waals surface area contributed by atoms with Gasteiger partial charge in [-0.05, 0) is 79.5 Å². The van der Waals surface area contributed by atoms with E-state index in [1.807, 2.05) is 12.1 Å². The molecule has 0 bridgehead atoms. The second kappa shape index (κ2) is 7.51. The molecule has 2 heteroatoms. The molecule has 0 radical (unpaired) electrons. The number of hydrogen-bond acceptors (Lipinski definition) is 1. The topological polar surface area (TPSA) is 3.24 Å². The molecule has 4 rings (SSSR count). The Hall–Kier alpha value is -1.31. The summed E-state index contributed by atoms with van der Waals surface area (Å²) in [5.41, 5.74) is 5.53. The van der Waals surface area contributed by atoms with Crippen LogP contribution in [-0.4, -0.2) is 24.0 Å². The van der Waals surface area contributed by atoms with Gasteiger partial charge < -0.3 is 0 Å². The van der Waals surface area contributed by atoms with Crippen molar-refractivity contribution in [1.29, 1.82) is 0 Å². The van der Waals surface area contributed by atoms with Crippen molar-refractivity contribution in [2.24, 2.45) is 0 Å². The number of likely N-dealkylation sites (tertiary alicyclic amines) is 1. The summed E-state index contributed by atoms with van der Waals surface area (Å²) in [6, 6.07) is 16.0. The van der Waals surface area contributed by atoms with Gasteiger partial charge in [-0.1, -0.05) is 54.8 Å². The summed E-state index contributed by atoms with van der Waals surface area (Å²) < 4.78 is 0. The van der Waals surface area contributed by atoms with Crippen LogP contribution in [0, 0.1) is 6.92 Å². The molecule has 1 unspecified atom stereocenters. The Morgan fingerprint density at radius 1 is 0.880 bits per heavy atom. The molecular formula is C23H28ClN. The average Bonchev–Trinajstić information content (AvgIpc) is 3.17. The third-order valence-corrected chi connectivity index (χ3v) is 6.43. The first-order valence-corrected chi connectivity index (χ1v) is 10.2. The number of nitrogens with zero attached hydrogens (tertiary/aromatic N) is 1. The quantitative estimate of drug-likeness (QED) is 0.613. The molecule has 1 nitrogen and oxygen atoms in total. The molecule has 2 fully saturated rings. The lowest BCUT2D eigenvalue weighted by molar-refractivity contribution is 0.150. The molecule has 0 amide bonds. The maximum atomic E-state index is 6.02. The van der Waals surface area contributed by atoms with Crippen molar-refractivity contribution in [3.8, 4) is 11.1 Å². The molecule has 1 heterocycles. The summed E-state index contributed by atoms with van der Waals surface area (Å²) >= 11 is 6.02. The molecule has 2 aromatic carbocycles. The van der Waals surface area contributed by atoms with Crippen molar-refractivity contribution in [2.45, 2.75) is 57.4 Å². The summed E-state index contributed by atoms with van der Waals surface area (Å²) in [5.74, 6) is 0.702. The van der Waals surface area contributed by atoms with Crippen molar-refractivity contribution in [3.63, 3.8) is 0 Å². The van der Waals surface area contributed by atoms with Crippen LogP contribution in [0.5, 0.6) is 0 Å². The second-order valence-electron chi connectivity index (χ2n) is 7.85. The first-order chi connectivity index (χ1) is 12.2. The Kier molecular flexibility index (Phi) is 5.15. The van der Waals surface area contributed by atoms with Gasteiger partial charge in [-0.3, -0.25) is 4.90 Å². The lowest BCUT2D eigenvalue weighted by atomic mass is 9.86. The van der Waals surface area contributed by atoms with Crippen LogP contribution in [0.2, 0.25) is 5.02 Å². The maximum Gasteiger partial charge on any atom is 0.0406 e. The zero-order valence-corrected chi connectivity index (χ0v) is 15.9. The fourth-order valence-electron chi connectivity index (χ4n) is 4.82. The number of halogens is 1. The van der Waals surface area contributed by atoms with Crippen molar-refractivity contribution in [3.05, 3.63) is 58.6 Å². The molecule has 1 saturated heterocycles. The Morgan fingerprint density at radius 3 is 2.32 bits per heavy atom. The summed E-state index contributed by atoms with van der Waals surface area (Å²) in [6.07, 6.45) is 8.38. The third-order valence-electron chi connectivity index (χ3n) is 6.18. The second-order valence-corrected chi connectivity index (χ2v) is 8.29. The Bertz CT molecular complexity index is 715. The standard InChI is InChI=1S/C23H28ClN/c1-17-15-19(18-8-11-21(24)12-9-18)10-13-23(17)20-5-4-14-25(16-20)22-6-2-3-7-22/h8-13,15,20,22H,2-7,14,16H2,1H3. The van der Waals surface area contributed by atoms with Gasteiger partial charge in [0.25, 0.3) is 0 Å². The highest BCUT2D eigenvalue weighted by Crippen LogP contribution is 2.35. The van der Waals surface area contributed by atoms with E-state index in [1.54, 1.807) is 5.56 Å². The number of benzene rings is 2. The predicted octanol–water partition coefficient (Wildman–Crippen LogP) is 6.44. The Balaban J connectivity index is 1.53. The van der Waals surface area contributed by atoms with Gasteiger partial charge in [0.1, 0.15) is 0 Å². The Labute approximate surface area is 157 Å². The molecule has 1 aliphatic carbocycles. The zero-order chi connectivity index (χ0) is 17.2. The van der Waals surface area contributed by atoms with Crippen LogP contribution in [-0.2, 0) is 0 Å². The molecule has 132 valence electrons. The minimum atomic E-state index is 0.702. The van der Waals surface area contributed by atoms with Crippen molar-refractivity contribution < 1.29 is 0 Å². The smallest absolute Gasteiger partial charge is 0.0406 e. The highest BCUT2D eigenvalue weighted by molar-refractivity contribution is 6.30. The van der Waals surface area contributed by atoms with E-state index in [-0.39, 0.29) is 0 Å². The van der Waals surface area contributed by atoms with E-state index in [9.17, 15) is 0 Å². The van der Waals surface area contributed by atoms with Crippen LogP contribution in [0.25, 0.3) is 11.1 Å². The van der Waals surface area contributed by atoms with Crippen molar-refractivity contribution >= 4 is 11.6 Å². The molecule has 1 aliphatic heterocycles. The fraction of sp³-hybridized carbons (Fsp3) is 0.478. The molecular weight excluding hydrogens is 326 g/mol. The van der Waals surface area contributed by atoms with Gasteiger partial charge in [-0.25, -0.2) is 0 Å². The van der Waals surface area contributed by atoms with Crippen LogP contribution < -0.4 is 0 Å². The maximum absolute atomic E-state index is 6.02. The van der Waals surface area contributed by atoms with E-state index in [2.05, 4.69) is 42.2 Å². The normalized spacial score (nSPS) is 22.4. The number of aryl methyl sites for hydroxylation is 1. The minimum absolute atomic E-state index is 0.702. The first-order valence-electron chi connectivity index (χ1n) is 9.81. The van der Waals surface area contributed by atoms with E-state index < -0.39 is 0 Å². The summed E-state index contributed by atoms with van der Waals surface area (Å²) in [5, 5.41) is 0.798. The largest absolute Gasteiger partial charge is 0.300 e. The van der Waals surface area contributed by atoms with Crippen LogP contribution >= 0.6 is 11.6 Å². The van der Waals surface area contributed by atoms with Crippen molar-refractivity contribution in [1.82, 2.24) is 4.90 Å². The monoisotopic (exact) mass is 353 g/mol. The predicted molar refractivity (Wildman–Crippen MR) is 107 cm³/mol. The average molecular weight is 354 g/mol. The zero-order valence-electron chi connectivity index (χ0n) is 15.2. The minimum Gasteiger partial charge on any atom is -0.300 e. The summed E-state index contributed by atoms with van der Waals surface area (Å²) in [4.78, 5) is 2.79. The molecule has 25 heavy (non-hydrogen) atoms. The number of hydrogen-bond donors (Lipinski definition) is 0. The van der Waals surface area contributed by atoms with Crippen LogP contribution in [0.4, 0.5) is 0 Å². The van der Waals surface area contributed by atoms with Gasteiger partial charge in [0.15, 0.2) is 0 Å². The van der Waals surface area contributed by atoms with Gasteiger partial charge >= 0.3 is 0 Å². The molecule has 1 saturated carbocycles. The molecule has 0 spiro atoms. The lowest BCUT2D eigenvalue weighted by Gasteiger charge is -2.37. The van der Waals surface area contributed by atoms with Crippen LogP contribution in [0.15, 0.2) is 42.5 Å². The van der Waals surface area contributed by atoms with Gasteiger partial charge in [0.05, 0.1) is 0 Å². The van der Waals surface area contributed by atoms with E-state index >= 15 is 0 Å². The summed E-state index contributed by atoms with van der Waals surface area (Å²) in [7, 11) is 0. The Morgan fingerprint density at radius 2 is 1.60 bits per heavy atom.